The maximum atomic E-state index is 3.90. The summed E-state index contributed by atoms with van der Waals surface area (Å²) in [5.74, 6) is 0. The zero-order valence-electron chi connectivity index (χ0n) is 7.70. The van der Waals surface area contributed by atoms with E-state index in [4.69, 9.17) is 0 Å². The van der Waals surface area contributed by atoms with Crippen molar-refractivity contribution in [3.63, 3.8) is 0 Å². The van der Waals surface area contributed by atoms with E-state index < -0.39 is 0 Å². The highest BCUT2D eigenvalue weighted by Crippen LogP contribution is 2.05. The van der Waals surface area contributed by atoms with Crippen LogP contribution in [0.15, 0.2) is 24.5 Å². The molecule has 0 fully saturated rings. The summed E-state index contributed by atoms with van der Waals surface area (Å²) >= 11 is 0. The molecule has 0 saturated carbocycles. The SMILES string of the molecule is CC.CN(C)c1ccncc1. The number of hydrogen-bond donors (Lipinski definition) is 0. The Morgan fingerprint density at radius 3 is 1.82 bits per heavy atom. The molecule has 0 atom stereocenters. The van der Waals surface area contributed by atoms with E-state index >= 15 is 0 Å². The lowest BCUT2D eigenvalue weighted by atomic mass is 10.4. The summed E-state index contributed by atoms with van der Waals surface area (Å²) in [6.07, 6.45) is 3.57. The molecule has 1 aromatic rings. The van der Waals surface area contributed by atoms with Crippen LogP contribution in [0.1, 0.15) is 13.8 Å². The lowest BCUT2D eigenvalue weighted by Crippen LogP contribution is -2.07. The third-order valence-electron chi connectivity index (χ3n) is 1.18. The second kappa shape index (κ2) is 5.71. The molecule has 0 aromatic carbocycles. The molecular formula is C9H16N2. The van der Waals surface area contributed by atoms with E-state index in [9.17, 15) is 0 Å². The Labute approximate surface area is 68.9 Å². The van der Waals surface area contributed by atoms with Gasteiger partial charge in [0.25, 0.3) is 0 Å². The standard InChI is InChI=1S/C7H10N2.C2H6/c1-9(2)7-3-5-8-6-4-7;1-2/h3-6H,1-2H3;1-2H3. The first-order chi connectivity index (χ1) is 5.30. The number of rotatable bonds is 1. The van der Waals surface area contributed by atoms with Crippen molar-refractivity contribution in [2.24, 2.45) is 0 Å². The van der Waals surface area contributed by atoms with E-state index in [0.29, 0.717) is 0 Å². The minimum atomic E-state index is 1.19. The highest BCUT2D eigenvalue weighted by Gasteiger charge is 1.88. The molecule has 0 aliphatic carbocycles. The molecule has 0 N–H and O–H groups in total. The summed E-state index contributed by atoms with van der Waals surface area (Å²) in [5, 5.41) is 0. The average Bonchev–Trinajstić information content (AvgIpc) is 2.10. The van der Waals surface area contributed by atoms with Crippen LogP contribution in [0.4, 0.5) is 5.69 Å². The molecule has 0 unspecified atom stereocenters. The third-order valence-corrected chi connectivity index (χ3v) is 1.18. The molecule has 0 aliphatic rings. The minimum Gasteiger partial charge on any atom is -0.378 e. The van der Waals surface area contributed by atoms with E-state index in [2.05, 4.69) is 4.98 Å². The molecule has 2 nitrogen and oxygen atoms in total. The quantitative estimate of drug-likeness (QED) is 0.613. The van der Waals surface area contributed by atoms with Crippen LogP contribution < -0.4 is 4.90 Å². The smallest absolute Gasteiger partial charge is 0.0391 e. The molecule has 62 valence electrons. The molecular weight excluding hydrogens is 136 g/mol. The van der Waals surface area contributed by atoms with Gasteiger partial charge in [-0.3, -0.25) is 4.98 Å². The molecule has 2 heteroatoms. The Hall–Kier alpha value is -1.05. The van der Waals surface area contributed by atoms with Gasteiger partial charge in [-0.1, -0.05) is 13.8 Å². The van der Waals surface area contributed by atoms with E-state index in [1.807, 2.05) is 45.0 Å². The molecule has 1 heterocycles. The largest absolute Gasteiger partial charge is 0.378 e. The summed E-state index contributed by atoms with van der Waals surface area (Å²) in [6.45, 7) is 4.00. The van der Waals surface area contributed by atoms with Crippen molar-refractivity contribution in [1.29, 1.82) is 0 Å². The van der Waals surface area contributed by atoms with Crippen LogP contribution in [0.3, 0.4) is 0 Å². The maximum Gasteiger partial charge on any atom is 0.0391 e. The average molecular weight is 152 g/mol. The van der Waals surface area contributed by atoms with Gasteiger partial charge in [0.2, 0.25) is 0 Å². The van der Waals surface area contributed by atoms with Gasteiger partial charge in [-0.25, -0.2) is 0 Å². The predicted octanol–water partition coefficient (Wildman–Crippen LogP) is 2.17. The number of anilines is 1. The summed E-state index contributed by atoms with van der Waals surface area (Å²) in [5.41, 5.74) is 1.19. The monoisotopic (exact) mass is 152 g/mol. The number of hydrogen-bond acceptors (Lipinski definition) is 2. The fourth-order valence-corrected chi connectivity index (χ4v) is 0.642. The van der Waals surface area contributed by atoms with Crippen LogP contribution >= 0.6 is 0 Å². The predicted molar refractivity (Wildman–Crippen MR) is 49.9 cm³/mol. The maximum absolute atomic E-state index is 3.90. The molecule has 0 spiro atoms. The highest BCUT2D eigenvalue weighted by atomic mass is 15.1. The van der Waals surface area contributed by atoms with Crippen molar-refractivity contribution in [1.82, 2.24) is 4.98 Å². The van der Waals surface area contributed by atoms with Crippen LogP contribution in [0.5, 0.6) is 0 Å². The van der Waals surface area contributed by atoms with E-state index in [0.717, 1.165) is 0 Å². The fraction of sp³-hybridized carbons (Fsp3) is 0.444. The highest BCUT2D eigenvalue weighted by molar-refractivity contribution is 5.42. The van der Waals surface area contributed by atoms with Gasteiger partial charge in [0.15, 0.2) is 0 Å². The first-order valence-electron chi connectivity index (χ1n) is 3.88. The van der Waals surface area contributed by atoms with Gasteiger partial charge in [0.05, 0.1) is 0 Å². The first-order valence-corrected chi connectivity index (χ1v) is 3.88. The van der Waals surface area contributed by atoms with E-state index in [1.54, 1.807) is 12.4 Å². The molecule has 0 saturated heterocycles. The van der Waals surface area contributed by atoms with Crippen molar-refractivity contribution in [3.05, 3.63) is 24.5 Å². The summed E-state index contributed by atoms with van der Waals surface area (Å²) < 4.78 is 0. The van der Waals surface area contributed by atoms with Gasteiger partial charge in [-0.05, 0) is 12.1 Å². The van der Waals surface area contributed by atoms with Gasteiger partial charge in [0.1, 0.15) is 0 Å². The third kappa shape index (κ3) is 3.61. The van der Waals surface area contributed by atoms with Crippen LogP contribution in [-0.4, -0.2) is 19.1 Å². The van der Waals surface area contributed by atoms with Gasteiger partial charge in [0, 0.05) is 32.2 Å². The molecule has 11 heavy (non-hydrogen) atoms. The van der Waals surface area contributed by atoms with Crippen LogP contribution in [-0.2, 0) is 0 Å². The topological polar surface area (TPSA) is 16.1 Å². The number of aromatic nitrogens is 1. The Morgan fingerprint density at radius 1 is 1.09 bits per heavy atom. The van der Waals surface area contributed by atoms with Crippen LogP contribution in [0.2, 0.25) is 0 Å². The normalized spacial score (nSPS) is 8.00. The van der Waals surface area contributed by atoms with Gasteiger partial charge in [-0.2, -0.15) is 0 Å². The zero-order chi connectivity index (χ0) is 8.69. The Morgan fingerprint density at radius 2 is 1.55 bits per heavy atom. The lowest BCUT2D eigenvalue weighted by Gasteiger charge is -2.10. The second-order valence-electron chi connectivity index (χ2n) is 2.10. The van der Waals surface area contributed by atoms with Gasteiger partial charge in [-0.15, -0.1) is 0 Å². The zero-order valence-corrected chi connectivity index (χ0v) is 7.70. The van der Waals surface area contributed by atoms with Crippen molar-refractivity contribution in [2.75, 3.05) is 19.0 Å². The summed E-state index contributed by atoms with van der Waals surface area (Å²) in [7, 11) is 4.02. The lowest BCUT2D eigenvalue weighted by molar-refractivity contribution is 1.12. The number of pyridine rings is 1. The molecule has 0 amide bonds. The van der Waals surface area contributed by atoms with Crippen molar-refractivity contribution < 1.29 is 0 Å². The van der Waals surface area contributed by atoms with E-state index in [1.165, 1.54) is 5.69 Å². The second-order valence-corrected chi connectivity index (χ2v) is 2.10. The molecule has 0 radical (unpaired) electrons. The van der Waals surface area contributed by atoms with Crippen molar-refractivity contribution in [3.8, 4) is 0 Å². The Kier molecular flexibility index (Phi) is 5.17. The van der Waals surface area contributed by atoms with Crippen molar-refractivity contribution in [2.45, 2.75) is 13.8 Å². The van der Waals surface area contributed by atoms with Crippen LogP contribution in [0, 0.1) is 0 Å². The number of nitrogens with zero attached hydrogens (tertiary/aromatic N) is 2. The minimum absolute atomic E-state index is 1.19. The van der Waals surface area contributed by atoms with Crippen molar-refractivity contribution >= 4 is 5.69 Å². The van der Waals surface area contributed by atoms with Gasteiger partial charge < -0.3 is 4.90 Å². The van der Waals surface area contributed by atoms with E-state index in [-0.39, 0.29) is 0 Å². The summed E-state index contributed by atoms with van der Waals surface area (Å²) in [4.78, 5) is 5.94. The molecule has 0 aliphatic heterocycles. The molecule has 1 rings (SSSR count). The first kappa shape index (κ1) is 9.95. The van der Waals surface area contributed by atoms with Crippen LogP contribution in [0.25, 0.3) is 0 Å². The molecule has 1 aromatic heterocycles. The summed E-state index contributed by atoms with van der Waals surface area (Å²) in [6, 6.07) is 3.94. The Bertz CT molecular complexity index is 170. The fourth-order valence-electron chi connectivity index (χ4n) is 0.642. The van der Waals surface area contributed by atoms with Gasteiger partial charge >= 0.3 is 0 Å². The molecule has 0 bridgehead atoms. The Balaban J connectivity index is 0.000000461.